The predicted octanol–water partition coefficient (Wildman–Crippen LogP) is -4.99. The van der Waals surface area contributed by atoms with Gasteiger partial charge in [-0.1, -0.05) is 0 Å². The fourth-order valence-corrected chi connectivity index (χ4v) is 0. The Bertz CT molecular complexity index is 33.8. The molecule has 0 aromatic carbocycles. The SMILES string of the molecule is O=[Se](O)O.[Ca+2].[Na+]. The van der Waals surface area contributed by atoms with Crippen molar-refractivity contribution in [3.05, 3.63) is 0 Å². The molecular weight excluding hydrogens is 190 g/mol. The molecule has 0 aromatic heterocycles. The van der Waals surface area contributed by atoms with E-state index in [4.69, 9.17) is 12.2 Å². The Morgan fingerprint density at radius 2 is 1.33 bits per heavy atom. The molecule has 0 aliphatic carbocycles. The molecule has 0 aliphatic rings. The van der Waals surface area contributed by atoms with E-state index in [1.54, 1.807) is 0 Å². The molecule has 0 heterocycles. The molecule has 0 unspecified atom stereocenters. The fourth-order valence-electron chi connectivity index (χ4n) is 0. The van der Waals surface area contributed by atoms with Crippen molar-refractivity contribution in [1.82, 2.24) is 0 Å². The van der Waals surface area contributed by atoms with E-state index in [1.807, 2.05) is 0 Å². The van der Waals surface area contributed by atoms with Crippen LogP contribution in [0.25, 0.3) is 0 Å². The molecule has 0 aliphatic heterocycles. The van der Waals surface area contributed by atoms with Gasteiger partial charge in [0.2, 0.25) is 0 Å². The maximum atomic E-state index is 8.76. The molecule has 0 rings (SSSR count). The van der Waals surface area contributed by atoms with Crippen molar-refractivity contribution in [1.29, 1.82) is 0 Å². The van der Waals surface area contributed by atoms with Crippen molar-refractivity contribution < 1.29 is 41.8 Å². The zero-order valence-electron chi connectivity index (χ0n) is 3.42. The Labute approximate surface area is 92.1 Å². The van der Waals surface area contributed by atoms with Crippen molar-refractivity contribution >= 4 is 52.2 Å². The smallest absolute Gasteiger partial charge is 1.00 e. The van der Waals surface area contributed by atoms with Gasteiger partial charge in [0.25, 0.3) is 0 Å². The normalized spacial score (nSPS) is 5.83. The average Bonchev–Trinajstić information content (AvgIpc) is 0.811. The van der Waals surface area contributed by atoms with E-state index in [1.165, 1.54) is 0 Å². The van der Waals surface area contributed by atoms with Crippen molar-refractivity contribution in [3.8, 4) is 0 Å². The van der Waals surface area contributed by atoms with Crippen LogP contribution >= 0.6 is 0 Å². The standard InChI is InChI=1S/Ca.Na.H2O3Se/c;;1-4(2)3/h;;(H2,1,2,3)/q+2;+1;. The number of rotatable bonds is 0. The van der Waals surface area contributed by atoms with E-state index in [0.717, 1.165) is 0 Å². The minimum absolute atomic E-state index is 0. The molecule has 2 N–H and O–H groups in total. The van der Waals surface area contributed by atoms with Crippen molar-refractivity contribution in [2.45, 2.75) is 0 Å². The Kier molecular flexibility index (Phi) is 27.6. The molecule has 0 saturated heterocycles. The van der Waals surface area contributed by atoms with Gasteiger partial charge in [0.1, 0.15) is 0 Å². The molecule has 3 nitrogen and oxygen atoms in total. The van der Waals surface area contributed by atoms with Crippen LogP contribution in [0.3, 0.4) is 0 Å². The van der Waals surface area contributed by atoms with E-state index >= 15 is 0 Å². The molecule has 0 spiro atoms. The quantitative estimate of drug-likeness (QED) is 0.378. The van der Waals surface area contributed by atoms with Crippen LogP contribution < -0.4 is 29.6 Å². The third kappa shape index (κ3) is 31.5. The second-order valence-electron chi connectivity index (χ2n) is 0.231. The Balaban J connectivity index is -0.0000000450. The molecule has 0 aromatic rings. The van der Waals surface area contributed by atoms with E-state index in [0.29, 0.717) is 0 Å². The molecule has 0 bridgehead atoms. The Hall–Kier alpha value is 2.50. The molecule has 26 valence electrons. The Morgan fingerprint density at radius 3 is 1.33 bits per heavy atom. The number of hydrogen-bond acceptors (Lipinski definition) is 1. The summed E-state index contributed by atoms with van der Waals surface area (Å²) in [5.74, 6) is 0. The third-order valence-corrected chi connectivity index (χ3v) is 0. The molecule has 0 fully saturated rings. The zero-order chi connectivity index (χ0) is 3.58. The first kappa shape index (κ1) is 15.8. The first-order valence-corrected chi connectivity index (χ1v) is 2.76. The van der Waals surface area contributed by atoms with Crippen LogP contribution in [-0.4, -0.2) is 60.6 Å². The van der Waals surface area contributed by atoms with Crippen LogP contribution in [0.1, 0.15) is 0 Å². The van der Waals surface area contributed by atoms with Crippen LogP contribution in [0.4, 0.5) is 0 Å². The molecule has 0 radical (unpaired) electrons. The van der Waals surface area contributed by atoms with Gasteiger partial charge in [-0.15, -0.1) is 0 Å². The summed E-state index contributed by atoms with van der Waals surface area (Å²) in [6.07, 6.45) is 0. The third-order valence-electron chi connectivity index (χ3n) is 0. The van der Waals surface area contributed by atoms with E-state index in [-0.39, 0.29) is 67.3 Å². The van der Waals surface area contributed by atoms with E-state index in [9.17, 15) is 0 Å². The van der Waals surface area contributed by atoms with Gasteiger partial charge >= 0.3 is 94.0 Å². The van der Waals surface area contributed by atoms with Crippen LogP contribution in [0.5, 0.6) is 0 Å². The van der Waals surface area contributed by atoms with Gasteiger partial charge in [-0.3, -0.25) is 0 Å². The van der Waals surface area contributed by atoms with Crippen molar-refractivity contribution in [2.24, 2.45) is 0 Å². The monoisotopic (exact) mass is 193 g/mol. The summed E-state index contributed by atoms with van der Waals surface area (Å²) in [4.78, 5) is 0. The predicted molar refractivity (Wildman–Crippen MR) is 16.6 cm³/mol. The van der Waals surface area contributed by atoms with Gasteiger partial charge < -0.3 is 0 Å². The van der Waals surface area contributed by atoms with E-state index < -0.39 is 14.5 Å². The summed E-state index contributed by atoms with van der Waals surface area (Å²) in [7, 11) is 0. The summed E-state index contributed by atoms with van der Waals surface area (Å²) < 4.78 is 23.1. The molecular formula is H2CaNaO3Se+3. The zero-order valence-corrected chi connectivity index (χ0v) is 9.34. The van der Waals surface area contributed by atoms with Crippen LogP contribution in [0, 0.1) is 0 Å². The molecule has 0 saturated carbocycles. The minimum Gasteiger partial charge on any atom is 1.00 e. The maximum absolute atomic E-state index is 8.76. The second-order valence-corrected chi connectivity index (χ2v) is 1.20. The van der Waals surface area contributed by atoms with Gasteiger partial charge in [0, 0.05) is 0 Å². The molecule has 0 atom stereocenters. The van der Waals surface area contributed by atoms with Gasteiger partial charge in [-0.25, -0.2) is 0 Å². The average molecular weight is 192 g/mol. The van der Waals surface area contributed by atoms with Crippen LogP contribution in [-0.2, 0) is 3.83 Å². The van der Waals surface area contributed by atoms with Gasteiger partial charge in [0.15, 0.2) is 0 Å². The van der Waals surface area contributed by atoms with E-state index in [2.05, 4.69) is 0 Å². The second kappa shape index (κ2) is 10.5. The first-order valence-electron chi connectivity index (χ1n) is 0.532. The first-order chi connectivity index (χ1) is 1.73. The van der Waals surface area contributed by atoms with Crippen molar-refractivity contribution in [3.63, 3.8) is 0 Å². The molecule has 6 heteroatoms. The van der Waals surface area contributed by atoms with Gasteiger partial charge in [-0.2, -0.15) is 0 Å². The summed E-state index contributed by atoms with van der Waals surface area (Å²) >= 11 is -3.29. The summed E-state index contributed by atoms with van der Waals surface area (Å²) in [5, 5.41) is 0. The molecule has 6 heavy (non-hydrogen) atoms. The van der Waals surface area contributed by atoms with Crippen LogP contribution in [0.2, 0.25) is 0 Å². The Morgan fingerprint density at radius 1 is 1.33 bits per heavy atom. The van der Waals surface area contributed by atoms with Crippen molar-refractivity contribution in [2.75, 3.05) is 0 Å². The topological polar surface area (TPSA) is 57.5 Å². The summed E-state index contributed by atoms with van der Waals surface area (Å²) in [5.41, 5.74) is 0. The molecule has 0 amide bonds. The van der Waals surface area contributed by atoms with Gasteiger partial charge in [0.05, 0.1) is 0 Å². The van der Waals surface area contributed by atoms with Crippen LogP contribution in [0.15, 0.2) is 0 Å². The minimum atomic E-state index is -3.29. The number of hydrogen-bond donors (Lipinski definition) is 2. The maximum Gasteiger partial charge on any atom is 2.00 e. The summed E-state index contributed by atoms with van der Waals surface area (Å²) in [6.45, 7) is 0. The fraction of sp³-hybridized carbons (Fsp3) is 0. The largest absolute Gasteiger partial charge is 2.00 e. The summed E-state index contributed by atoms with van der Waals surface area (Å²) in [6, 6.07) is 0. The van der Waals surface area contributed by atoms with Gasteiger partial charge in [-0.05, 0) is 0 Å².